The average Bonchev–Trinajstić information content (AvgIpc) is 2.95. The van der Waals surface area contributed by atoms with Crippen LogP contribution >= 0.6 is 11.6 Å². The molecular weight excluding hydrogens is 369 g/mol. The number of Topliss-reactive ketones (excluding diaryl/α,β-unsaturated/α-hetero) is 1. The molecule has 2 aromatic rings. The number of allylic oxidation sites excluding steroid dienone is 1. The van der Waals surface area contributed by atoms with Gasteiger partial charge in [-0.2, -0.15) is 0 Å². The van der Waals surface area contributed by atoms with Crippen molar-refractivity contribution in [1.82, 2.24) is 4.90 Å². The molecular formula is C21H21ClFNO3. The summed E-state index contributed by atoms with van der Waals surface area (Å²) in [5.74, 6) is -0.473. The zero-order valence-corrected chi connectivity index (χ0v) is 16.2. The second-order valence-corrected chi connectivity index (χ2v) is 6.84. The Balaban J connectivity index is 2.09. The molecule has 1 aliphatic heterocycles. The molecule has 2 aromatic carbocycles. The first-order valence-corrected chi connectivity index (χ1v) is 9.21. The number of hydrogen-bond acceptors (Lipinski definition) is 4. The smallest absolute Gasteiger partial charge is 0.232 e. The van der Waals surface area contributed by atoms with Crippen molar-refractivity contribution in [2.45, 2.75) is 27.3 Å². The second-order valence-electron chi connectivity index (χ2n) is 6.43. The van der Waals surface area contributed by atoms with Gasteiger partial charge in [-0.1, -0.05) is 31.5 Å². The lowest BCUT2D eigenvalue weighted by Crippen LogP contribution is -2.22. The minimum atomic E-state index is -0.537. The fourth-order valence-electron chi connectivity index (χ4n) is 3.18. The van der Waals surface area contributed by atoms with Crippen molar-refractivity contribution >= 4 is 23.5 Å². The number of aryl methyl sites for hydroxylation is 1. The molecule has 0 fully saturated rings. The summed E-state index contributed by atoms with van der Waals surface area (Å²) in [6, 6.07) is 5.88. The highest BCUT2D eigenvalue weighted by Crippen LogP contribution is 2.42. The lowest BCUT2D eigenvalue weighted by atomic mass is 9.99. The van der Waals surface area contributed by atoms with Gasteiger partial charge in [0, 0.05) is 12.1 Å². The fourth-order valence-corrected chi connectivity index (χ4v) is 3.40. The molecule has 1 heterocycles. The molecule has 0 saturated heterocycles. The third-order valence-corrected chi connectivity index (χ3v) is 5.10. The number of nitrogens with zero attached hydrogens (tertiary/aromatic N) is 1. The van der Waals surface area contributed by atoms with Crippen LogP contribution < -0.4 is 4.74 Å². The molecule has 6 heteroatoms. The summed E-state index contributed by atoms with van der Waals surface area (Å²) in [5, 5.41) is 10.6. The number of hydrogen-bond donors (Lipinski definition) is 1. The van der Waals surface area contributed by atoms with E-state index in [-0.39, 0.29) is 27.9 Å². The van der Waals surface area contributed by atoms with E-state index >= 15 is 0 Å². The van der Waals surface area contributed by atoms with Crippen molar-refractivity contribution in [2.75, 3.05) is 13.1 Å². The van der Waals surface area contributed by atoms with Gasteiger partial charge in [0.2, 0.25) is 5.78 Å². The number of carbonyl (C=O) groups excluding carboxylic acids is 1. The quantitative estimate of drug-likeness (QED) is 0.735. The topological polar surface area (TPSA) is 49.8 Å². The van der Waals surface area contributed by atoms with Crippen molar-refractivity contribution in [3.05, 3.63) is 63.1 Å². The molecule has 0 atom stereocenters. The molecule has 142 valence electrons. The third-order valence-electron chi connectivity index (χ3n) is 4.77. The molecule has 27 heavy (non-hydrogen) atoms. The summed E-state index contributed by atoms with van der Waals surface area (Å²) < 4.78 is 19.9. The SMILES string of the molecule is CCN(CC)Cc1c(O)cc(C)c2c1O/C(=C\c1c(F)cccc1Cl)C2=O. The number of benzene rings is 2. The average molecular weight is 390 g/mol. The molecule has 0 unspecified atom stereocenters. The minimum absolute atomic E-state index is 0.00787. The van der Waals surface area contributed by atoms with Crippen LogP contribution in [0.25, 0.3) is 6.08 Å². The van der Waals surface area contributed by atoms with E-state index in [1.165, 1.54) is 18.2 Å². The predicted molar refractivity (Wildman–Crippen MR) is 104 cm³/mol. The number of phenols is 1. The standard InChI is InChI=1S/C21H21ClFNO3/c1-4-24(5-2)11-14-17(25)9-12(3)19-20(26)18(27-21(14)19)10-13-15(22)7-6-8-16(13)23/h6-10,25H,4-5,11H2,1-3H3/b18-10-. The normalized spacial score (nSPS) is 14.7. The first-order valence-electron chi connectivity index (χ1n) is 8.83. The second kappa shape index (κ2) is 7.71. The van der Waals surface area contributed by atoms with Crippen LogP contribution in [0.2, 0.25) is 5.02 Å². The summed E-state index contributed by atoms with van der Waals surface area (Å²) in [4.78, 5) is 15.0. The Morgan fingerprint density at radius 2 is 2.00 bits per heavy atom. The van der Waals surface area contributed by atoms with E-state index in [4.69, 9.17) is 16.3 Å². The van der Waals surface area contributed by atoms with Crippen molar-refractivity contribution in [1.29, 1.82) is 0 Å². The molecule has 0 aliphatic carbocycles. The van der Waals surface area contributed by atoms with Gasteiger partial charge in [-0.25, -0.2) is 4.39 Å². The molecule has 0 amide bonds. The molecule has 4 nitrogen and oxygen atoms in total. The number of aromatic hydroxyl groups is 1. The first-order chi connectivity index (χ1) is 12.9. The van der Waals surface area contributed by atoms with Gasteiger partial charge in [-0.05, 0) is 49.9 Å². The number of carbonyl (C=O) groups is 1. The lowest BCUT2D eigenvalue weighted by Gasteiger charge is -2.20. The summed E-state index contributed by atoms with van der Waals surface area (Å²) in [6.45, 7) is 7.81. The third kappa shape index (κ3) is 3.57. The molecule has 0 bridgehead atoms. The number of phenolic OH excluding ortho intramolecular Hbond substituents is 1. The van der Waals surface area contributed by atoms with Gasteiger partial charge in [-0.15, -0.1) is 0 Å². The Kier molecular flexibility index (Phi) is 5.53. The largest absolute Gasteiger partial charge is 0.507 e. The van der Waals surface area contributed by atoms with Crippen LogP contribution in [-0.2, 0) is 6.54 Å². The minimum Gasteiger partial charge on any atom is -0.507 e. The number of ketones is 1. The molecule has 1 aliphatic rings. The van der Waals surface area contributed by atoms with E-state index in [0.717, 1.165) is 13.1 Å². The molecule has 0 aromatic heterocycles. The molecule has 3 rings (SSSR count). The van der Waals surface area contributed by atoms with E-state index in [1.54, 1.807) is 19.1 Å². The van der Waals surface area contributed by atoms with E-state index in [2.05, 4.69) is 4.90 Å². The van der Waals surface area contributed by atoms with Crippen LogP contribution in [0.15, 0.2) is 30.0 Å². The monoisotopic (exact) mass is 389 g/mol. The Bertz CT molecular complexity index is 915. The van der Waals surface area contributed by atoms with E-state index in [9.17, 15) is 14.3 Å². The number of fused-ring (bicyclic) bond motifs is 1. The zero-order chi connectivity index (χ0) is 19.7. The van der Waals surface area contributed by atoms with Gasteiger partial charge in [0.25, 0.3) is 0 Å². The molecule has 0 radical (unpaired) electrons. The zero-order valence-electron chi connectivity index (χ0n) is 15.5. The van der Waals surface area contributed by atoms with Crippen LogP contribution in [0, 0.1) is 12.7 Å². The fraction of sp³-hybridized carbons (Fsp3) is 0.286. The Morgan fingerprint density at radius 1 is 1.30 bits per heavy atom. The highest BCUT2D eigenvalue weighted by Gasteiger charge is 2.33. The highest BCUT2D eigenvalue weighted by atomic mass is 35.5. The first kappa shape index (κ1) is 19.4. The molecule has 0 spiro atoms. The Labute approximate surface area is 162 Å². The maximum atomic E-state index is 14.1. The van der Waals surface area contributed by atoms with Crippen molar-refractivity contribution in [3.63, 3.8) is 0 Å². The van der Waals surface area contributed by atoms with Crippen LogP contribution in [0.4, 0.5) is 4.39 Å². The number of halogens is 2. The van der Waals surface area contributed by atoms with Gasteiger partial charge in [0.05, 0.1) is 16.1 Å². The van der Waals surface area contributed by atoms with E-state index < -0.39 is 5.82 Å². The lowest BCUT2D eigenvalue weighted by molar-refractivity contribution is 0.101. The van der Waals surface area contributed by atoms with Crippen molar-refractivity contribution < 1.29 is 19.0 Å². The Hall–Kier alpha value is -2.37. The summed E-state index contributed by atoms with van der Waals surface area (Å²) >= 11 is 6.06. The summed E-state index contributed by atoms with van der Waals surface area (Å²) in [6.07, 6.45) is 1.32. The summed E-state index contributed by atoms with van der Waals surface area (Å²) in [5.41, 5.74) is 1.66. The summed E-state index contributed by atoms with van der Waals surface area (Å²) in [7, 11) is 0. The van der Waals surface area contributed by atoms with Gasteiger partial charge in [-0.3, -0.25) is 9.69 Å². The van der Waals surface area contributed by atoms with Crippen LogP contribution in [-0.4, -0.2) is 28.9 Å². The van der Waals surface area contributed by atoms with Crippen LogP contribution in [0.5, 0.6) is 11.5 Å². The van der Waals surface area contributed by atoms with Crippen LogP contribution in [0.3, 0.4) is 0 Å². The van der Waals surface area contributed by atoms with Gasteiger partial charge in [0.15, 0.2) is 5.76 Å². The van der Waals surface area contributed by atoms with Crippen molar-refractivity contribution in [2.24, 2.45) is 0 Å². The Morgan fingerprint density at radius 3 is 2.63 bits per heavy atom. The molecule has 1 N–H and O–H groups in total. The van der Waals surface area contributed by atoms with E-state index in [1.807, 2.05) is 13.8 Å². The maximum absolute atomic E-state index is 14.1. The highest BCUT2D eigenvalue weighted by molar-refractivity contribution is 6.32. The van der Waals surface area contributed by atoms with Gasteiger partial charge >= 0.3 is 0 Å². The van der Waals surface area contributed by atoms with Crippen molar-refractivity contribution in [3.8, 4) is 11.5 Å². The number of ether oxygens (including phenoxy) is 1. The number of rotatable bonds is 5. The molecule has 0 saturated carbocycles. The van der Waals surface area contributed by atoms with E-state index in [0.29, 0.717) is 29.0 Å². The van der Waals surface area contributed by atoms with Gasteiger partial charge in [0.1, 0.15) is 17.3 Å². The van der Waals surface area contributed by atoms with Gasteiger partial charge < -0.3 is 9.84 Å². The van der Waals surface area contributed by atoms with Crippen LogP contribution in [0.1, 0.15) is 40.9 Å². The maximum Gasteiger partial charge on any atom is 0.232 e. The predicted octanol–water partition coefficient (Wildman–Crippen LogP) is 4.95.